The van der Waals surface area contributed by atoms with Crippen molar-refractivity contribution in [3.63, 3.8) is 0 Å². The summed E-state index contributed by atoms with van der Waals surface area (Å²) in [6.07, 6.45) is 1.35. The summed E-state index contributed by atoms with van der Waals surface area (Å²) in [6, 6.07) is 8.72. The van der Waals surface area contributed by atoms with Crippen LogP contribution in [-0.2, 0) is 14.4 Å². The van der Waals surface area contributed by atoms with Crippen molar-refractivity contribution in [2.24, 2.45) is 0 Å². The van der Waals surface area contributed by atoms with Gasteiger partial charge in [0.1, 0.15) is 0 Å². The average Bonchev–Trinajstić information content (AvgIpc) is 3.21. The molecule has 0 atom stereocenters. The Morgan fingerprint density at radius 1 is 1.00 bits per heavy atom. The number of likely N-dealkylation sites (N-methyl/N-ethyl adjacent to an activating group) is 1. The molecule has 0 aliphatic rings. The van der Waals surface area contributed by atoms with E-state index < -0.39 is 17.7 Å². The summed E-state index contributed by atoms with van der Waals surface area (Å²) in [5, 5.41) is 7.54. The number of aryl methyl sites for hydroxylation is 2. The van der Waals surface area contributed by atoms with Crippen molar-refractivity contribution in [1.29, 1.82) is 0 Å². The van der Waals surface area contributed by atoms with Crippen molar-refractivity contribution >= 4 is 29.3 Å². The molecular weight excluding hydrogens is 376 g/mol. The molecule has 0 fully saturated rings. The van der Waals surface area contributed by atoms with Gasteiger partial charge in [-0.25, -0.2) is 0 Å². The van der Waals surface area contributed by atoms with Gasteiger partial charge >= 0.3 is 0 Å². The summed E-state index contributed by atoms with van der Waals surface area (Å²) in [4.78, 5) is 48.9. The molecule has 3 N–H and O–H groups in total. The topological polar surface area (TPSA) is 121 Å². The van der Waals surface area contributed by atoms with Gasteiger partial charge in [-0.1, -0.05) is 12.1 Å². The van der Waals surface area contributed by atoms with Crippen LogP contribution in [0.1, 0.15) is 21.7 Å². The molecule has 2 aromatic rings. The van der Waals surface area contributed by atoms with Crippen LogP contribution >= 0.6 is 0 Å². The zero-order valence-electron chi connectivity index (χ0n) is 16.6. The van der Waals surface area contributed by atoms with Crippen LogP contribution in [0.25, 0.3) is 0 Å². The van der Waals surface area contributed by atoms with Gasteiger partial charge in [0.05, 0.1) is 25.9 Å². The Hall–Kier alpha value is -3.62. The van der Waals surface area contributed by atoms with E-state index in [0.29, 0.717) is 5.69 Å². The van der Waals surface area contributed by atoms with E-state index in [2.05, 4.69) is 16.0 Å². The lowest BCUT2D eigenvalue weighted by atomic mass is 10.1. The first-order valence-corrected chi connectivity index (χ1v) is 8.95. The quantitative estimate of drug-likeness (QED) is 0.606. The number of carbonyl (C=O) groups is 4. The second kappa shape index (κ2) is 10.1. The van der Waals surface area contributed by atoms with E-state index in [1.807, 2.05) is 32.0 Å². The molecule has 0 radical (unpaired) electrons. The Morgan fingerprint density at radius 3 is 2.45 bits per heavy atom. The Kier molecular flexibility index (Phi) is 7.53. The molecule has 2 rings (SSSR count). The van der Waals surface area contributed by atoms with E-state index in [9.17, 15) is 19.2 Å². The van der Waals surface area contributed by atoms with E-state index in [-0.39, 0.29) is 31.3 Å². The van der Waals surface area contributed by atoms with Gasteiger partial charge in [0.15, 0.2) is 5.76 Å². The predicted octanol–water partition coefficient (Wildman–Crippen LogP) is 0.840. The van der Waals surface area contributed by atoms with Gasteiger partial charge in [-0.15, -0.1) is 0 Å². The number of nitrogens with zero attached hydrogens (tertiary/aromatic N) is 1. The molecule has 0 bridgehead atoms. The second-order valence-corrected chi connectivity index (χ2v) is 6.55. The smallest absolute Gasteiger partial charge is 0.287 e. The van der Waals surface area contributed by atoms with E-state index in [1.165, 1.54) is 24.3 Å². The Balaban J connectivity index is 1.72. The highest BCUT2D eigenvalue weighted by molar-refractivity contribution is 5.96. The zero-order valence-corrected chi connectivity index (χ0v) is 16.6. The van der Waals surface area contributed by atoms with Crippen LogP contribution in [0.15, 0.2) is 41.0 Å². The third kappa shape index (κ3) is 6.80. The van der Waals surface area contributed by atoms with Crippen LogP contribution in [0.4, 0.5) is 5.69 Å². The van der Waals surface area contributed by atoms with Gasteiger partial charge in [-0.2, -0.15) is 0 Å². The Morgan fingerprint density at radius 2 is 1.76 bits per heavy atom. The lowest BCUT2D eigenvalue weighted by Crippen LogP contribution is -2.44. The summed E-state index contributed by atoms with van der Waals surface area (Å²) < 4.78 is 4.91. The number of hydrogen-bond donors (Lipinski definition) is 3. The van der Waals surface area contributed by atoms with Gasteiger partial charge in [0, 0.05) is 12.7 Å². The minimum atomic E-state index is -0.536. The van der Waals surface area contributed by atoms with Gasteiger partial charge in [-0.05, 0) is 43.2 Å². The first-order valence-electron chi connectivity index (χ1n) is 8.95. The highest BCUT2D eigenvalue weighted by Crippen LogP contribution is 2.16. The summed E-state index contributed by atoms with van der Waals surface area (Å²) in [5.41, 5.74) is 2.62. The molecular formula is C20H24N4O5. The van der Waals surface area contributed by atoms with E-state index in [1.54, 1.807) is 6.07 Å². The molecule has 0 saturated heterocycles. The van der Waals surface area contributed by atoms with Crippen molar-refractivity contribution in [3.05, 3.63) is 53.5 Å². The molecule has 4 amide bonds. The minimum absolute atomic E-state index is 0.0865. The first kappa shape index (κ1) is 21.7. The van der Waals surface area contributed by atoms with Gasteiger partial charge in [0.2, 0.25) is 17.7 Å². The van der Waals surface area contributed by atoms with Gasteiger partial charge in [-0.3, -0.25) is 19.2 Å². The molecule has 1 aromatic heterocycles. The largest absolute Gasteiger partial charge is 0.459 e. The fourth-order valence-corrected chi connectivity index (χ4v) is 2.39. The van der Waals surface area contributed by atoms with E-state index in [0.717, 1.165) is 11.1 Å². The molecule has 0 saturated carbocycles. The molecule has 1 aromatic carbocycles. The summed E-state index contributed by atoms with van der Waals surface area (Å²) >= 11 is 0. The van der Waals surface area contributed by atoms with Crippen molar-refractivity contribution in [2.45, 2.75) is 13.8 Å². The molecule has 9 nitrogen and oxygen atoms in total. The number of benzene rings is 1. The summed E-state index contributed by atoms with van der Waals surface area (Å²) in [7, 11) is 1.47. The normalized spacial score (nSPS) is 10.2. The second-order valence-electron chi connectivity index (χ2n) is 6.55. The highest BCUT2D eigenvalue weighted by atomic mass is 16.3. The lowest BCUT2D eigenvalue weighted by molar-refractivity contribution is -0.134. The Labute approximate surface area is 168 Å². The third-order valence-electron chi connectivity index (χ3n) is 4.06. The van der Waals surface area contributed by atoms with Crippen LogP contribution < -0.4 is 16.0 Å². The molecule has 0 aliphatic heterocycles. The number of nitrogens with one attached hydrogen (secondary N) is 3. The van der Waals surface area contributed by atoms with Crippen LogP contribution in [-0.4, -0.2) is 55.2 Å². The SMILES string of the molecule is Cc1ccc(C)c(NC(=O)CN(C)C(=O)CNC(=O)CNC(=O)c2ccco2)c1. The van der Waals surface area contributed by atoms with Crippen molar-refractivity contribution in [3.8, 4) is 0 Å². The van der Waals surface area contributed by atoms with Crippen LogP contribution in [0, 0.1) is 13.8 Å². The molecule has 0 spiro atoms. The maximum absolute atomic E-state index is 12.2. The predicted molar refractivity (Wildman–Crippen MR) is 106 cm³/mol. The number of anilines is 1. The molecule has 1 heterocycles. The number of amides is 4. The summed E-state index contributed by atoms with van der Waals surface area (Å²) in [6.45, 7) is 3.05. The lowest BCUT2D eigenvalue weighted by Gasteiger charge is -2.18. The van der Waals surface area contributed by atoms with Crippen molar-refractivity contribution in [2.75, 3.05) is 32.0 Å². The molecule has 154 valence electrons. The first-order chi connectivity index (χ1) is 13.8. The van der Waals surface area contributed by atoms with Crippen molar-refractivity contribution in [1.82, 2.24) is 15.5 Å². The standard InChI is InChI=1S/C20H24N4O5/c1-13-6-7-14(2)15(9-13)23-18(26)12-24(3)19(27)11-21-17(25)10-22-20(28)16-5-4-8-29-16/h4-9H,10-12H2,1-3H3,(H,21,25)(H,22,28)(H,23,26). The third-order valence-corrected chi connectivity index (χ3v) is 4.06. The van der Waals surface area contributed by atoms with Crippen LogP contribution in [0.3, 0.4) is 0 Å². The fourth-order valence-electron chi connectivity index (χ4n) is 2.39. The zero-order chi connectivity index (χ0) is 21.4. The number of rotatable bonds is 8. The number of furan rings is 1. The maximum Gasteiger partial charge on any atom is 0.287 e. The monoisotopic (exact) mass is 400 g/mol. The minimum Gasteiger partial charge on any atom is -0.459 e. The van der Waals surface area contributed by atoms with Crippen molar-refractivity contribution < 1.29 is 23.6 Å². The van der Waals surface area contributed by atoms with E-state index in [4.69, 9.17) is 4.42 Å². The van der Waals surface area contributed by atoms with E-state index >= 15 is 0 Å². The Bertz CT molecular complexity index is 892. The molecule has 9 heteroatoms. The van der Waals surface area contributed by atoms with Crippen LogP contribution in [0.2, 0.25) is 0 Å². The fraction of sp³-hybridized carbons (Fsp3) is 0.300. The maximum atomic E-state index is 12.2. The summed E-state index contributed by atoms with van der Waals surface area (Å²) in [5.74, 6) is -1.76. The molecule has 0 aliphatic carbocycles. The van der Waals surface area contributed by atoms with Gasteiger partial charge < -0.3 is 25.3 Å². The molecule has 29 heavy (non-hydrogen) atoms. The van der Waals surface area contributed by atoms with Crippen LogP contribution in [0.5, 0.6) is 0 Å². The average molecular weight is 400 g/mol. The van der Waals surface area contributed by atoms with Gasteiger partial charge in [0.25, 0.3) is 5.91 Å². The number of hydrogen-bond acceptors (Lipinski definition) is 5. The molecule has 0 unspecified atom stereocenters. The highest BCUT2D eigenvalue weighted by Gasteiger charge is 2.15. The number of carbonyl (C=O) groups excluding carboxylic acids is 4.